The molecule has 1 saturated heterocycles. The molecule has 0 aromatic carbocycles. The van der Waals surface area contributed by atoms with Crippen LogP contribution in [-0.4, -0.2) is 32.9 Å². The van der Waals surface area contributed by atoms with Gasteiger partial charge in [-0.15, -0.1) is 0 Å². The van der Waals surface area contributed by atoms with Gasteiger partial charge in [0, 0.05) is 6.04 Å². The average molecular weight is 235 g/mol. The fraction of sp³-hybridized carbons (Fsp3) is 1.00. The van der Waals surface area contributed by atoms with Gasteiger partial charge in [-0.25, -0.2) is 13.1 Å². The highest BCUT2D eigenvalue weighted by Gasteiger charge is 2.38. The van der Waals surface area contributed by atoms with E-state index in [2.05, 4.69) is 4.72 Å². The molecule has 4 nitrogen and oxygen atoms in total. The minimum absolute atomic E-state index is 0.0442. The standard InChI is InChI=1S/C10H21NO3S/c1-7(2)11-15(12,13)10-8(3)5-14-6-9(10)4/h7-11H,5-6H2,1-4H3/t8-,9-/m0/s1. The van der Waals surface area contributed by atoms with Crippen molar-refractivity contribution in [3.8, 4) is 0 Å². The molecule has 2 atom stereocenters. The molecule has 0 aromatic heterocycles. The van der Waals surface area contributed by atoms with E-state index >= 15 is 0 Å². The third-order valence-corrected chi connectivity index (χ3v) is 5.09. The number of hydrogen-bond acceptors (Lipinski definition) is 3. The van der Waals surface area contributed by atoms with E-state index in [-0.39, 0.29) is 23.1 Å². The van der Waals surface area contributed by atoms with Crippen molar-refractivity contribution in [3.63, 3.8) is 0 Å². The van der Waals surface area contributed by atoms with Crippen LogP contribution >= 0.6 is 0 Å². The molecule has 0 saturated carbocycles. The lowest BCUT2D eigenvalue weighted by atomic mass is 9.95. The molecule has 0 aromatic rings. The maximum Gasteiger partial charge on any atom is 0.215 e. The van der Waals surface area contributed by atoms with Crippen molar-refractivity contribution >= 4 is 10.0 Å². The highest BCUT2D eigenvalue weighted by atomic mass is 32.2. The van der Waals surface area contributed by atoms with Crippen LogP contribution in [0.5, 0.6) is 0 Å². The molecule has 1 aliphatic heterocycles. The predicted molar refractivity (Wildman–Crippen MR) is 60.1 cm³/mol. The van der Waals surface area contributed by atoms with Gasteiger partial charge in [-0.2, -0.15) is 0 Å². The Kier molecular flexibility index (Phi) is 4.14. The lowest BCUT2D eigenvalue weighted by Gasteiger charge is -2.34. The Bertz CT molecular complexity index is 290. The van der Waals surface area contributed by atoms with Crippen molar-refractivity contribution < 1.29 is 13.2 Å². The summed E-state index contributed by atoms with van der Waals surface area (Å²) in [6.07, 6.45) is 0. The van der Waals surface area contributed by atoms with Gasteiger partial charge in [-0.1, -0.05) is 13.8 Å². The van der Waals surface area contributed by atoms with Gasteiger partial charge in [0.15, 0.2) is 0 Å². The molecule has 1 fully saturated rings. The fourth-order valence-electron chi connectivity index (χ4n) is 2.21. The summed E-state index contributed by atoms with van der Waals surface area (Å²) in [5.74, 6) is 0.120. The lowest BCUT2D eigenvalue weighted by Crippen LogP contribution is -2.49. The first kappa shape index (κ1) is 12.9. The first-order chi connectivity index (χ1) is 6.84. The van der Waals surface area contributed by atoms with Crippen LogP contribution in [0.1, 0.15) is 27.7 Å². The molecule has 1 heterocycles. The zero-order chi connectivity index (χ0) is 11.6. The van der Waals surface area contributed by atoms with Gasteiger partial charge in [0.05, 0.1) is 18.5 Å². The van der Waals surface area contributed by atoms with E-state index in [1.807, 2.05) is 27.7 Å². The summed E-state index contributed by atoms with van der Waals surface area (Å²) in [6.45, 7) is 8.61. The quantitative estimate of drug-likeness (QED) is 0.793. The van der Waals surface area contributed by atoms with Crippen molar-refractivity contribution in [2.45, 2.75) is 39.0 Å². The smallest absolute Gasteiger partial charge is 0.215 e. The van der Waals surface area contributed by atoms with Gasteiger partial charge in [0.2, 0.25) is 10.0 Å². The molecule has 0 bridgehead atoms. The second-order valence-electron chi connectivity index (χ2n) is 4.77. The second-order valence-corrected chi connectivity index (χ2v) is 6.64. The van der Waals surface area contributed by atoms with E-state index in [4.69, 9.17) is 4.74 Å². The first-order valence-corrected chi connectivity index (χ1v) is 6.98. The van der Waals surface area contributed by atoms with E-state index in [9.17, 15) is 8.42 Å². The summed E-state index contributed by atoms with van der Waals surface area (Å²) >= 11 is 0. The molecule has 15 heavy (non-hydrogen) atoms. The third kappa shape index (κ3) is 3.16. The van der Waals surface area contributed by atoms with Crippen LogP contribution in [0.2, 0.25) is 0 Å². The molecule has 5 heteroatoms. The number of ether oxygens (including phenoxy) is 1. The molecular formula is C10H21NO3S. The Morgan fingerprint density at radius 2 is 1.67 bits per heavy atom. The Morgan fingerprint density at radius 1 is 1.20 bits per heavy atom. The molecule has 1 aliphatic rings. The van der Waals surface area contributed by atoms with Crippen LogP contribution in [0.25, 0.3) is 0 Å². The van der Waals surface area contributed by atoms with Crippen LogP contribution < -0.4 is 4.72 Å². The van der Waals surface area contributed by atoms with Crippen LogP contribution in [0, 0.1) is 11.8 Å². The SMILES string of the molecule is CC(C)NS(=O)(=O)C1[C@@H](C)COC[C@@H]1C. The predicted octanol–water partition coefficient (Wildman–Crippen LogP) is 0.985. The van der Waals surface area contributed by atoms with Gasteiger partial charge in [0.25, 0.3) is 0 Å². The van der Waals surface area contributed by atoms with E-state index in [0.29, 0.717) is 13.2 Å². The highest BCUT2D eigenvalue weighted by molar-refractivity contribution is 7.90. The molecule has 0 aliphatic carbocycles. The molecule has 0 spiro atoms. The van der Waals surface area contributed by atoms with Crippen molar-refractivity contribution in [1.29, 1.82) is 0 Å². The molecule has 1 rings (SSSR count). The van der Waals surface area contributed by atoms with Gasteiger partial charge in [-0.3, -0.25) is 0 Å². The summed E-state index contributed by atoms with van der Waals surface area (Å²) < 4.78 is 32.1. The van der Waals surface area contributed by atoms with Crippen molar-refractivity contribution in [2.75, 3.05) is 13.2 Å². The van der Waals surface area contributed by atoms with Crippen molar-refractivity contribution in [1.82, 2.24) is 4.72 Å². The van der Waals surface area contributed by atoms with Crippen LogP contribution in [0.4, 0.5) is 0 Å². The molecular weight excluding hydrogens is 214 g/mol. The zero-order valence-corrected chi connectivity index (χ0v) is 10.7. The summed E-state index contributed by atoms with van der Waals surface area (Å²) in [5, 5.41) is -0.325. The maximum absolute atomic E-state index is 12.1. The average Bonchev–Trinajstić information content (AvgIpc) is 1.99. The summed E-state index contributed by atoms with van der Waals surface area (Å²) in [7, 11) is -3.21. The number of hydrogen-bond donors (Lipinski definition) is 1. The van der Waals surface area contributed by atoms with Crippen molar-refractivity contribution in [2.24, 2.45) is 11.8 Å². The fourth-order valence-corrected chi connectivity index (χ4v) is 4.40. The normalized spacial score (nSPS) is 29.7. The minimum Gasteiger partial charge on any atom is -0.381 e. The Hall–Kier alpha value is -0.130. The lowest BCUT2D eigenvalue weighted by molar-refractivity contribution is 0.0299. The molecule has 0 radical (unpaired) electrons. The molecule has 90 valence electrons. The third-order valence-electron chi connectivity index (χ3n) is 2.64. The number of nitrogens with one attached hydrogen (secondary N) is 1. The van der Waals surface area contributed by atoms with Crippen LogP contribution in [-0.2, 0) is 14.8 Å². The monoisotopic (exact) mass is 235 g/mol. The summed E-state index contributed by atoms with van der Waals surface area (Å²) in [6, 6.07) is -0.0442. The number of rotatable bonds is 3. The number of sulfonamides is 1. The molecule has 0 unspecified atom stereocenters. The van der Waals surface area contributed by atoms with Gasteiger partial charge >= 0.3 is 0 Å². The Balaban J connectivity index is 2.83. The van der Waals surface area contributed by atoms with E-state index in [0.717, 1.165) is 0 Å². The first-order valence-electron chi connectivity index (χ1n) is 5.43. The maximum atomic E-state index is 12.1. The minimum atomic E-state index is -3.21. The molecule has 0 amide bonds. The topological polar surface area (TPSA) is 55.4 Å². The molecule has 1 N–H and O–H groups in total. The Morgan fingerprint density at radius 3 is 2.07 bits per heavy atom. The van der Waals surface area contributed by atoms with Crippen LogP contribution in [0.3, 0.4) is 0 Å². The van der Waals surface area contributed by atoms with Crippen molar-refractivity contribution in [3.05, 3.63) is 0 Å². The summed E-state index contributed by atoms with van der Waals surface area (Å²) in [4.78, 5) is 0. The largest absolute Gasteiger partial charge is 0.381 e. The zero-order valence-electron chi connectivity index (χ0n) is 9.86. The van der Waals surface area contributed by atoms with Crippen LogP contribution in [0.15, 0.2) is 0 Å². The Labute approximate surface area is 92.4 Å². The highest BCUT2D eigenvalue weighted by Crippen LogP contribution is 2.26. The second kappa shape index (κ2) is 4.80. The van der Waals surface area contributed by atoms with Gasteiger partial charge in [0.1, 0.15) is 0 Å². The van der Waals surface area contributed by atoms with E-state index in [1.54, 1.807) is 0 Å². The van der Waals surface area contributed by atoms with Gasteiger partial charge in [-0.05, 0) is 25.7 Å². The summed E-state index contributed by atoms with van der Waals surface area (Å²) in [5.41, 5.74) is 0. The van der Waals surface area contributed by atoms with E-state index < -0.39 is 10.0 Å². The van der Waals surface area contributed by atoms with Gasteiger partial charge < -0.3 is 4.74 Å². The van der Waals surface area contributed by atoms with E-state index in [1.165, 1.54) is 0 Å².